The van der Waals surface area contributed by atoms with Crippen LogP contribution in [0.25, 0.3) is 21.6 Å². The van der Waals surface area contributed by atoms with Gasteiger partial charge in [0, 0.05) is 50.1 Å². The monoisotopic (exact) mass is 412 g/mol. The summed E-state index contributed by atoms with van der Waals surface area (Å²) in [5.74, 6) is 2.45. The molecule has 3 aromatic heterocycles. The summed E-state index contributed by atoms with van der Waals surface area (Å²) >= 11 is 1.83. The van der Waals surface area contributed by atoms with E-state index in [2.05, 4.69) is 16.8 Å². The first-order valence-electron chi connectivity index (χ1n) is 10.2. The van der Waals surface area contributed by atoms with Gasteiger partial charge >= 0.3 is 0 Å². The molecule has 0 spiro atoms. The fraction of sp³-hybridized carbons (Fsp3) is 0.500. The first kappa shape index (κ1) is 20.2. The summed E-state index contributed by atoms with van der Waals surface area (Å²) in [6.07, 6.45) is 7.06. The molecule has 0 saturated carbocycles. The van der Waals surface area contributed by atoms with E-state index in [1.807, 2.05) is 29.7 Å². The minimum absolute atomic E-state index is 0.640. The Morgan fingerprint density at radius 1 is 1.17 bits per heavy atom. The van der Waals surface area contributed by atoms with E-state index in [9.17, 15) is 0 Å². The molecule has 3 aromatic rings. The van der Waals surface area contributed by atoms with Crippen LogP contribution in [0.1, 0.15) is 23.8 Å². The van der Waals surface area contributed by atoms with Crippen molar-refractivity contribution in [1.29, 1.82) is 0 Å². The largest absolute Gasteiger partial charge is 0.383 e. The van der Waals surface area contributed by atoms with Gasteiger partial charge in [0.25, 0.3) is 0 Å². The van der Waals surface area contributed by atoms with Crippen LogP contribution in [-0.2, 0) is 22.3 Å². The Labute approximate surface area is 175 Å². The van der Waals surface area contributed by atoms with Crippen LogP contribution in [0.4, 0.5) is 5.82 Å². The van der Waals surface area contributed by atoms with Crippen molar-refractivity contribution in [2.24, 2.45) is 5.92 Å². The molecule has 6 nitrogen and oxygen atoms in total. The van der Waals surface area contributed by atoms with E-state index in [4.69, 9.17) is 19.4 Å². The Balaban J connectivity index is 1.88. The number of hydrogen-bond acceptors (Lipinski definition) is 7. The molecule has 0 amide bonds. The molecule has 3 heterocycles. The second kappa shape index (κ2) is 9.15. The summed E-state index contributed by atoms with van der Waals surface area (Å²) in [6.45, 7) is 5.14. The van der Waals surface area contributed by atoms with Gasteiger partial charge in [0.1, 0.15) is 10.6 Å². The first-order chi connectivity index (χ1) is 14.2. The van der Waals surface area contributed by atoms with Crippen LogP contribution in [0.2, 0.25) is 0 Å². The van der Waals surface area contributed by atoms with E-state index in [-0.39, 0.29) is 0 Å². The molecule has 1 aliphatic rings. The molecule has 0 fully saturated rings. The minimum Gasteiger partial charge on any atom is -0.383 e. The maximum Gasteiger partial charge on any atom is 0.164 e. The Morgan fingerprint density at radius 2 is 1.97 bits per heavy atom. The quantitative estimate of drug-likeness (QED) is 0.558. The van der Waals surface area contributed by atoms with Gasteiger partial charge in [-0.1, -0.05) is 6.92 Å². The van der Waals surface area contributed by atoms with Crippen molar-refractivity contribution in [3.8, 4) is 11.4 Å². The number of anilines is 1. The molecular weight excluding hydrogens is 384 g/mol. The maximum absolute atomic E-state index is 5.38. The normalized spacial score (nSPS) is 16.2. The number of nitrogens with zero attached hydrogens (tertiary/aromatic N) is 4. The van der Waals surface area contributed by atoms with Crippen molar-refractivity contribution < 1.29 is 9.47 Å². The SMILES string of the molecule is COCCN(CCOC)c1nc(-c2cccnc2)nc2sc3c(c12)CC[C@H](C)C3. The lowest BCUT2D eigenvalue weighted by Crippen LogP contribution is -2.32. The Hall–Kier alpha value is -2.09. The van der Waals surface area contributed by atoms with Gasteiger partial charge in [-0.25, -0.2) is 9.97 Å². The number of hydrogen-bond donors (Lipinski definition) is 0. The van der Waals surface area contributed by atoms with E-state index >= 15 is 0 Å². The lowest BCUT2D eigenvalue weighted by Gasteiger charge is -2.25. The molecule has 0 bridgehead atoms. The van der Waals surface area contributed by atoms with E-state index in [1.165, 1.54) is 22.2 Å². The highest BCUT2D eigenvalue weighted by atomic mass is 32.1. The highest BCUT2D eigenvalue weighted by Crippen LogP contribution is 2.41. The van der Waals surface area contributed by atoms with E-state index in [0.29, 0.717) is 13.2 Å². The lowest BCUT2D eigenvalue weighted by molar-refractivity contribution is 0.190. The van der Waals surface area contributed by atoms with Crippen molar-refractivity contribution in [2.45, 2.75) is 26.2 Å². The van der Waals surface area contributed by atoms with Gasteiger partial charge < -0.3 is 14.4 Å². The fourth-order valence-corrected chi connectivity index (χ4v) is 5.28. The zero-order valence-corrected chi connectivity index (χ0v) is 18.2. The van der Waals surface area contributed by atoms with E-state index in [1.54, 1.807) is 20.4 Å². The molecule has 0 radical (unpaired) electrons. The summed E-state index contributed by atoms with van der Waals surface area (Å²) < 4.78 is 10.8. The predicted molar refractivity (Wildman–Crippen MR) is 118 cm³/mol. The molecule has 0 N–H and O–H groups in total. The second-order valence-electron chi connectivity index (χ2n) is 7.62. The van der Waals surface area contributed by atoms with Crippen molar-refractivity contribution in [1.82, 2.24) is 15.0 Å². The van der Waals surface area contributed by atoms with Gasteiger partial charge in [0.15, 0.2) is 5.82 Å². The summed E-state index contributed by atoms with van der Waals surface area (Å²) in [4.78, 5) is 19.1. The van der Waals surface area contributed by atoms with Crippen molar-refractivity contribution in [3.63, 3.8) is 0 Å². The van der Waals surface area contributed by atoms with Gasteiger partial charge in [-0.05, 0) is 42.9 Å². The number of ether oxygens (including phenoxy) is 2. The molecule has 0 unspecified atom stereocenters. The molecule has 4 rings (SSSR count). The third-order valence-corrected chi connectivity index (χ3v) is 6.63. The van der Waals surface area contributed by atoms with Crippen LogP contribution in [0.5, 0.6) is 0 Å². The maximum atomic E-state index is 5.38. The molecule has 154 valence electrons. The molecule has 0 aliphatic heterocycles. The Kier molecular flexibility index (Phi) is 6.37. The summed E-state index contributed by atoms with van der Waals surface area (Å²) in [7, 11) is 3.47. The van der Waals surface area contributed by atoms with Crippen LogP contribution in [0, 0.1) is 5.92 Å². The number of fused-ring (bicyclic) bond motifs is 3. The number of aromatic nitrogens is 3. The van der Waals surface area contributed by atoms with Crippen LogP contribution < -0.4 is 4.90 Å². The average Bonchev–Trinajstić information content (AvgIpc) is 3.11. The van der Waals surface area contributed by atoms with Gasteiger partial charge in [-0.15, -0.1) is 11.3 Å². The van der Waals surface area contributed by atoms with Gasteiger partial charge in [0.2, 0.25) is 0 Å². The Morgan fingerprint density at radius 3 is 2.66 bits per heavy atom. The zero-order chi connectivity index (χ0) is 20.2. The first-order valence-corrected chi connectivity index (χ1v) is 11.0. The standard InChI is InChI=1S/C22H28N4O2S/c1-15-6-7-17-18(13-15)29-22-19(17)21(26(9-11-27-2)10-12-28-3)24-20(25-22)16-5-4-8-23-14-16/h4-5,8,14-15H,6-7,9-13H2,1-3H3/t15-/m0/s1. The number of methoxy groups -OCH3 is 2. The summed E-state index contributed by atoms with van der Waals surface area (Å²) in [5.41, 5.74) is 2.38. The van der Waals surface area contributed by atoms with Crippen molar-refractivity contribution in [2.75, 3.05) is 45.4 Å². The van der Waals surface area contributed by atoms with Gasteiger partial charge in [-0.2, -0.15) is 0 Å². The molecular formula is C22H28N4O2S. The number of pyridine rings is 1. The molecule has 0 saturated heterocycles. The highest BCUT2D eigenvalue weighted by molar-refractivity contribution is 7.19. The molecule has 0 aromatic carbocycles. The summed E-state index contributed by atoms with van der Waals surface area (Å²) in [6, 6.07) is 3.94. The third-order valence-electron chi connectivity index (χ3n) is 5.49. The van der Waals surface area contributed by atoms with E-state index < -0.39 is 0 Å². The zero-order valence-electron chi connectivity index (χ0n) is 17.4. The summed E-state index contributed by atoms with van der Waals surface area (Å²) in [5, 5.41) is 1.22. The van der Waals surface area contributed by atoms with Gasteiger partial charge in [0.05, 0.1) is 18.6 Å². The average molecular weight is 413 g/mol. The van der Waals surface area contributed by atoms with Crippen molar-refractivity contribution in [3.05, 3.63) is 35.0 Å². The predicted octanol–water partition coefficient (Wildman–Crippen LogP) is 3.98. The Bertz CT molecular complexity index is 952. The number of aryl methyl sites for hydroxylation is 1. The van der Waals surface area contributed by atoms with Crippen LogP contribution in [0.3, 0.4) is 0 Å². The van der Waals surface area contributed by atoms with Crippen LogP contribution in [-0.4, -0.2) is 55.5 Å². The molecule has 29 heavy (non-hydrogen) atoms. The fourth-order valence-electron chi connectivity index (χ4n) is 3.90. The second-order valence-corrected chi connectivity index (χ2v) is 8.70. The van der Waals surface area contributed by atoms with Crippen LogP contribution in [0.15, 0.2) is 24.5 Å². The topological polar surface area (TPSA) is 60.4 Å². The van der Waals surface area contributed by atoms with E-state index in [0.717, 1.165) is 53.9 Å². The molecule has 1 aliphatic carbocycles. The highest BCUT2D eigenvalue weighted by Gasteiger charge is 2.26. The molecule has 1 atom stereocenters. The lowest BCUT2D eigenvalue weighted by atomic mass is 9.89. The van der Waals surface area contributed by atoms with Crippen molar-refractivity contribution >= 4 is 27.4 Å². The number of rotatable bonds is 8. The molecule has 7 heteroatoms. The number of thiophene rings is 1. The van der Waals surface area contributed by atoms with Crippen LogP contribution >= 0.6 is 11.3 Å². The third kappa shape index (κ3) is 4.27. The smallest absolute Gasteiger partial charge is 0.164 e. The van der Waals surface area contributed by atoms with Gasteiger partial charge in [-0.3, -0.25) is 4.98 Å². The minimum atomic E-state index is 0.640.